The minimum atomic E-state index is 0.263. The quantitative estimate of drug-likeness (QED) is 0.781. The Hall–Kier alpha value is -1.08. The van der Waals surface area contributed by atoms with Crippen LogP contribution in [-0.2, 0) is 6.42 Å². The normalized spacial score (nSPS) is 21.2. The fourth-order valence-electron chi connectivity index (χ4n) is 2.18. The Morgan fingerprint density at radius 1 is 1.40 bits per heavy atom. The molecule has 1 nitrogen and oxygen atoms in total. The minimum Gasteiger partial charge on any atom is -0.324 e. The van der Waals surface area contributed by atoms with Crippen LogP contribution in [0.15, 0.2) is 30.3 Å². The van der Waals surface area contributed by atoms with Crippen LogP contribution >= 0.6 is 0 Å². The summed E-state index contributed by atoms with van der Waals surface area (Å²) in [5.74, 6) is 0. The van der Waals surface area contributed by atoms with E-state index in [9.17, 15) is 0 Å². The molecule has 0 aliphatic heterocycles. The summed E-state index contributed by atoms with van der Waals surface area (Å²) in [6.45, 7) is 2.19. The molecule has 0 amide bonds. The molecule has 0 heterocycles. The predicted molar refractivity (Wildman–Crippen MR) is 65.6 cm³/mol. The van der Waals surface area contributed by atoms with Crippen molar-refractivity contribution in [3.63, 3.8) is 0 Å². The minimum absolute atomic E-state index is 0.263. The average molecular weight is 201 g/mol. The Morgan fingerprint density at radius 3 is 3.00 bits per heavy atom. The van der Waals surface area contributed by atoms with Crippen molar-refractivity contribution < 1.29 is 0 Å². The van der Waals surface area contributed by atoms with Gasteiger partial charge in [-0.2, -0.15) is 0 Å². The third-order valence-corrected chi connectivity index (χ3v) is 3.10. The van der Waals surface area contributed by atoms with Gasteiger partial charge in [0.1, 0.15) is 0 Å². The van der Waals surface area contributed by atoms with Crippen LogP contribution in [0.25, 0.3) is 5.57 Å². The first kappa shape index (κ1) is 10.4. The SMILES string of the molecule is CCc1cccc(C2=CC(N)CCC2)c1. The van der Waals surface area contributed by atoms with Gasteiger partial charge < -0.3 is 5.73 Å². The maximum atomic E-state index is 5.96. The maximum Gasteiger partial charge on any atom is 0.0229 e. The number of benzene rings is 1. The highest BCUT2D eigenvalue weighted by Gasteiger charge is 2.11. The van der Waals surface area contributed by atoms with Gasteiger partial charge in [0, 0.05) is 6.04 Å². The van der Waals surface area contributed by atoms with Gasteiger partial charge in [0.05, 0.1) is 0 Å². The summed E-state index contributed by atoms with van der Waals surface area (Å²) >= 11 is 0. The Bertz CT molecular complexity index is 365. The molecule has 0 saturated carbocycles. The van der Waals surface area contributed by atoms with E-state index in [1.165, 1.54) is 29.5 Å². The van der Waals surface area contributed by atoms with Crippen LogP contribution in [-0.4, -0.2) is 6.04 Å². The van der Waals surface area contributed by atoms with Crippen LogP contribution in [0, 0.1) is 0 Å². The molecule has 0 spiro atoms. The molecule has 1 aliphatic rings. The summed E-state index contributed by atoms with van der Waals surface area (Å²) < 4.78 is 0. The zero-order chi connectivity index (χ0) is 10.7. The maximum absolute atomic E-state index is 5.96. The number of rotatable bonds is 2. The van der Waals surface area contributed by atoms with Gasteiger partial charge in [-0.25, -0.2) is 0 Å². The Labute approximate surface area is 92.0 Å². The highest BCUT2D eigenvalue weighted by atomic mass is 14.6. The fourth-order valence-corrected chi connectivity index (χ4v) is 2.18. The topological polar surface area (TPSA) is 26.0 Å². The van der Waals surface area contributed by atoms with Crippen LogP contribution in [0.3, 0.4) is 0 Å². The second-order valence-electron chi connectivity index (χ2n) is 4.30. The van der Waals surface area contributed by atoms with Crippen molar-refractivity contribution >= 4 is 5.57 Å². The lowest BCUT2D eigenvalue weighted by Crippen LogP contribution is -2.19. The second-order valence-corrected chi connectivity index (χ2v) is 4.30. The molecule has 80 valence electrons. The molecule has 0 fully saturated rings. The van der Waals surface area contributed by atoms with E-state index in [0.29, 0.717) is 0 Å². The number of aryl methyl sites for hydroxylation is 1. The number of hydrogen-bond donors (Lipinski definition) is 1. The lowest BCUT2D eigenvalue weighted by molar-refractivity contribution is 0.654. The van der Waals surface area contributed by atoms with E-state index in [-0.39, 0.29) is 6.04 Å². The summed E-state index contributed by atoms with van der Waals surface area (Å²) in [5, 5.41) is 0. The Morgan fingerprint density at radius 2 is 2.27 bits per heavy atom. The van der Waals surface area contributed by atoms with Gasteiger partial charge in [-0.15, -0.1) is 0 Å². The molecule has 1 unspecified atom stereocenters. The summed E-state index contributed by atoms with van der Waals surface area (Å²) in [5.41, 5.74) is 10.2. The largest absolute Gasteiger partial charge is 0.324 e. The summed E-state index contributed by atoms with van der Waals surface area (Å²) in [6.07, 6.45) is 6.88. The standard InChI is InChI=1S/C14H19N/c1-2-11-5-3-6-12(9-11)13-7-4-8-14(15)10-13/h3,5-6,9-10,14H,2,4,7-8,15H2,1H3. The second kappa shape index (κ2) is 4.63. The van der Waals surface area contributed by atoms with Crippen molar-refractivity contribution in [3.8, 4) is 0 Å². The van der Waals surface area contributed by atoms with Crippen molar-refractivity contribution in [1.29, 1.82) is 0 Å². The van der Waals surface area contributed by atoms with Crippen LogP contribution in [0.1, 0.15) is 37.3 Å². The van der Waals surface area contributed by atoms with Gasteiger partial charge in [-0.05, 0) is 42.4 Å². The first-order valence-corrected chi connectivity index (χ1v) is 5.85. The smallest absolute Gasteiger partial charge is 0.0229 e. The van der Waals surface area contributed by atoms with Crippen LogP contribution < -0.4 is 5.73 Å². The van der Waals surface area contributed by atoms with Gasteiger partial charge in [0.25, 0.3) is 0 Å². The summed E-state index contributed by atoms with van der Waals surface area (Å²) in [7, 11) is 0. The summed E-state index contributed by atoms with van der Waals surface area (Å²) in [6, 6.07) is 9.09. The number of nitrogens with two attached hydrogens (primary N) is 1. The fraction of sp³-hybridized carbons (Fsp3) is 0.429. The summed E-state index contributed by atoms with van der Waals surface area (Å²) in [4.78, 5) is 0. The highest BCUT2D eigenvalue weighted by Crippen LogP contribution is 2.26. The van der Waals surface area contributed by atoms with Crippen molar-refractivity contribution in [2.75, 3.05) is 0 Å². The Kier molecular flexibility index (Phi) is 3.22. The molecular weight excluding hydrogens is 182 g/mol. The van der Waals surface area contributed by atoms with Crippen LogP contribution in [0.4, 0.5) is 0 Å². The molecule has 0 radical (unpaired) electrons. The van der Waals surface area contributed by atoms with Crippen LogP contribution in [0.2, 0.25) is 0 Å². The first-order chi connectivity index (χ1) is 7.29. The zero-order valence-electron chi connectivity index (χ0n) is 9.37. The number of hydrogen-bond acceptors (Lipinski definition) is 1. The third kappa shape index (κ3) is 2.48. The molecule has 1 atom stereocenters. The van der Waals surface area contributed by atoms with E-state index in [0.717, 1.165) is 12.8 Å². The highest BCUT2D eigenvalue weighted by molar-refractivity contribution is 5.67. The van der Waals surface area contributed by atoms with E-state index in [1.807, 2.05) is 0 Å². The molecule has 0 aromatic heterocycles. The molecule has 2 N–H and O–H groups in total. The third-order valence-electron chi connectivity index (χ3n) is 3.10. The van der Waals surface area contributed by atoms with Gasteiger partial charge in [-0.3, -0.25) is 0 Å². The first-order valence-electron chi connectivity index (χ1n) is 5.85. The Balaban J connectivity index is 2.28. The monoisotopic (exact) mass is 201 g/mol. The van der Waals surface area contributed by atoms with Gasteiger partial charge in [0.2, 0.25) is 0 Å². The van der Waals surface area contributed by atoms with Gasteiger partial charge in [-0.1, -0.05) is 37.3 Å². The van der Waals surface area contributed by atoms with E-state index in [1.54, 1.807) is 0 Å². The lowest BCUT2D eigenvalue weighted by atomic mass is 9.90. The van der Waals surface area contributed by atoms with Crippen molar-refractivity contribution in [3.05, 3.63) is 41.5 Å². The molecule has 15 heavy (non-hydrogen) atoms. The van der Waals surface area contributed by atoms with Gasteiger partial charge in [0.15, 0.2) is 0 Å². The average Bonchev–Trinajstić information content (AvgIpc) is 2.29. The van der Waals surface area contributed by atoms with Crippen molar-refractivity contribution in [2.24, 2.45) is 5.73 Å². The van der Waals surface area contributed by atoms with E-state index in [4.69, 9.17) is 5.73 Å². The van der Waals surface area contributed by atoms with E-state index < -0.39 is 0 Å². The lowest BCUT2D eigenvalue weighted by Gasteiger charge is -2.18. The molecule has 1 aromatic rings. The van der Waals surface area contributed by atoms with E-state index >= 15 is 0 Å². The van der Waals surface area contributed by atoms with Gasteiger partial charge >= 0.3 is 0 Å². The van der Waals surface area contributed by atoms with Crippen molar-refractivity contribution in [2.45, 2.75) is 38.6 Å². The molecule has 1 heteroatoms. The molecule has 1 aromatic carbocycles. The number of allylic oxidation sites excluding steroid dienone is 1. The predicted octanol–water partition coefficient (Wildman–Crippen LogP) is 3.14. The molecule has 1 aliphatic carbocycles. The van der Waals surface area contributed by atoms with Crippen molar-refractivity contribution in [1.82, 2.24) is 0 Å². The molecule has 0 saturated heterocycles. The zero-order valence-corrected chi connectivity index (χ0v) is 9.37. The van der Waals surface area contributed by atoms with Crippen LogP contribution in [0.5, 0.6) is 0 Å². The molecule has 2 rings (SSSR count). The molecular formula is C14H19N. The van der Waals surface area contributed by atoms with E-state index in [2.05, 4.69) is 37.3 Å². The molecule has 0 bridgehead atoms.